The van der Waals surface area contributed by atoms with E-state index in [-0.39, 0.29) is 23.7 Å². The molecular formula is C8H9BrFN3. The number of nitrogens with one attached hydrogen (secondary N) is 1. The van der Waals surface area contributed by atoms with E-state index < -0.39 is 0 Å². The molecule has 0 spiro atoms. The minimum atomic E-state index is -0.353. The van der Waals surface area contributed by atoms with Crippen molar-refractivity contribution in [1.29, 1.82) is 0 Å². The van der Waals surface area contributed by atoms with E-state index in [4.69, 9.17) is 5.73 Å². The van der Waals surface area contributed by atoms with Crippen molar-refractivity contribution in [3.8, 4) is 0 Å². The first-order valence-corrected chi connectivity index (χ1v) is 4.79. The molecule has 1 aromatic rings. The third-order valence-electron chi connectivity index (χ3n) is 1.97. The first kappa shape index (κ1) is 8.90. The Morgan fingerprint density at radius 3 is 2.92 bits per heavy atom. The molecule has 1 aromatic heterocycles. The second kappa shape index (κ2) is 3.23. The topological polar surface area (TPSA) is 50.9 Å². The van der Waals surface area contributed by atoms with Crippen LogP contribution >= 0.6 is 15.9 Å². The highest BCUT2D eigenvalue weighted by Crippen LogP contribution is 2.25. The van der Waals surface area contributed by atoms with Gasteiger partial charge in [0.15, 0.2) is 11.6 Å². The zero-order chi connectivity index (χ0) is 9.42. The molecule has 1 aliphatic carbocycles. The predicted molar refractivity (Wildman–Crippen MR) is 51.9 cm³/mol. The highest BCUT2D eigenvalue weighted by Gasteiger charge is 2.34. The van der Waals surface area contributed by atoms with Gasteiger partial charge in [0.2, 0.25) is 0 Å². The third kappa shape index (κ3) is 1.97. The Bertz CT molecular complexity index is 331. The summed E-state index contributed by atoms with van der Waals surface area (Å²) < 4.78 is 13.8. The fraction of sp³-hybridized carbons (Fsp3) is 0.375. The molecule has 0 aliphatic heterocycles. The van der Waals surface area contributed by atoms with Crippen molar-refractivity contribution in [3.63, 3.8) is 0 Å². The van der Waals surface area contributed by atoms with E-state index in [9.17, 15) is 4.39 Å². The van der Waals surface area contributed by atoms with Gasteiger partial charge in [-0.25, -0.2) is 9.37 Å². The van der Waals surface area contributed by atoms with E-state index in [2.05, 4.69) is 26.2 Å². The fourth-order valence-corrected chi connectivity index (χ4v) is 1.38. The Hall–Kier alpha value is -0.680. The minimum absolute atomic E-state index is 0.143. The smallest absolute Gasteiger partial charge is 0.166 e. The van der Waals surface area contributed by atoms with Gasteiger partial charge in [-0.3, -0.25) is 0 Å². The van der Waals surface area contributed by atoms with E-state index in [0.717, 1.165) is 6.42 Å². The number of nitrogens with zero attached hydrogens (tertiary/aromatic N) is 1. The SMILES string of the molecule is NC1CC1Nc1ncc(Br)cc1F. The molecule has 0 bridgehead atoms. The molecule has 5 heteroatoms. The van der Waals surface area contributed by atoms with Gasteiger partial charge in [0, 0.05) is 22.8 Å². The molecule has 1 saturated carbocycles. The number of aromatic nitrogens is 1. The molecule has 0 aromatic carbocycles. The molecule has 13 heavy (non-hydrogen) atoms. The summed E-state index contributed by atoms with van der Waals surface area (Å²) in [5, 5.41) is 2.93. The van der Waals surface area contributed by atoms with Crippen molar-refractivity contribution < 1.29 is 4.39 Å². The van der Waals surface area contributed by atoms with Crippen LogP contribution in [0.4, 0.5) is 10.2 Å². The van der Waals surface area contributed by atoms with Gasteiger partial charge in [0.25, 0.3) is 0 Å². The van der Waals surface area contributed by atoms with Crippen molar-refractivity contribution in [2.24, 2.45) is 5.73 Å². The van der Waals surface area contributed by atoms with E-state index in [1.165, 1.54) is 6.07 Å². The maximum absolute atomic E-state index is 13.2. The molecule has 0 saturated heterocycles. The number of rotatable bonds is 2. The Morgan fingerprint density at radius 1 is 1.69 bits per heavy atom. The average molecular weight is 246 g/mol. The van der Waals surface area contributed by atoms with Crippen LogP contribution in [0.25, 0.3) is 0 Å². The highest BCUT2D eigenvalue weighted by molar-refractivity contribution is 9.10. The summed E-state index contributed by atoms with van der Waals surface area (Å²) in [4.78, 5) is 3.90. The quantitative estimate of drug-likeness (QED) is 0.831. The average Bonchev–Trinajstić information content (AvgIpc) is 2.73. The lowest BCUT2D eigenvalue weighted by Gasteiger charge is -2.04. The van der Waals surface area contributed by atoms with Crippen LogP contribution in [0.1, 0.15) is 6.42 Å². The van der Waals surface area contributed by atoms with E-state index >= 15 is 0 Å². The van der Waals surface area contributed by atoms with Crippen LogP contribution in [-0.2, 0) is 0 Å². The van der Waals surface area contributed by atoms with Crippen molar-refractivity contribution in [2.45, 2.75) is 18.5 Å². The summed E-state index contributed by atoms with van der Waals surface area (Å²) in [5.74, 6) is -0.0744. The number of pyridine rings is 1. The lowest BCUT2D eigenvalue weighted by Crippen LogP contribution is -2.14. The van der Waals surface area contributed by atoms with Crippen LogP contribution in [0.5, 0.6) is 0 Å². The Morgan fingerprint density at radius 2 is 2.38 bits per heavy atom. The molecule has 0 amide bonds. The molecule has 70 valence electrons. The molecule has 0 radical (unpaired) electrons. The summed E-state index contributed by atoms with van der Waals surface area (Å²) in [5.41, 5.74) is 5.57. The van der Waals surface area contributed by atoms with Crippen molar-refractivity contribution >= 4 is 21.7 Å². The Balaban J connectivity index is 2.11. The summed E-state index contributed by atoms with van der Waals surface area (Å²) in [6.45, 7) is 0. The van der Waals surface area contributed by atoms with Crippen LogP contribution in [0.15, 0.2) is 16.7 Å². The van der Waals surface area contributed by atoms with Gasteiger partial charge in [-0.05, 0) is 28.4 Å². The van der Waals surface area contributed by atoms with Crippen LogP contribution in [0, 0.1) is 5.82 Å². The van der Waals surface area contributed by atoms with Crippen molar-refractivity contribution in [2.75, 3.05) is 5.32 Å². The van der Waals surface area contributed by atoms with E-state index in [1.54, 1.807) is 6.20 Å². The summed E-state index contributed by atoms with van der Waals surface area (Å²) >= 11 is 3.14. The third-order valence-corrected chi connectivity index (χ3v) is 2.40. The normalized spacial score (nSPS) is 25.8. The predicted octanol–water partition coefficient (Wildman–Crippen LogP) is 1.49. The lowest BCUT2D eigenvalue weighted by atomic mass is 10.4. The highest BCUT2D eigenvalue weighted by atomic mass is 79.9. The molecule has 3 N–H and O–H groups in total. The van der Waals surface area contributed by atoms with E-state index in [1.807, 2.05) is 0 Å². The number of hydrogen-bond donors (Lipinski definition) is 2. The van der Waals surface area contributed by atoms with Crippen LogP contribution in [0.2, 0.25) is 0 Å². The zero-order valence-corrected chi connectivity index (χ0v) is 8.38. The second-order valence-corrected chi connectivity index (χ2v) is 4.05. The maximum Gasteiger partial charge on any atom is 0.166 e. The molecule has 1 fully saturated rings. The molecule has 3 nitrogen and oxygen atoms in total. The first-order chi connectivity index (χ1) is 6.16. The Labute approximate surface area is 83.7 Å². The van der Waals surface area contributed by atoms with Crippen molar-refractivity contribution in [1.82, 2.24) is 4.98 Å². The molecule has 2 atom stereocenters. The lowest BCUT2D eigenvalue weighted by molar-refractivity contribution is 0.623. The van der Waals surface area contributed by atoms with Gasteiger partial charge in [-0.1, -0.05) is 0 Å². The molecule has 2 unspecified atom stereocenters. The number of anilines is 1. The summed E-state index contributed by atoms with van der Waals surface area (Å²) in [6, 6.07) is 1.71. The standard InChI is InChI=1S/C8H9BrFN3/c9-4-1-5(10)8(12-3-4)13-7-2-6(7)11/h1,3,6-7H,2,11H2,(H,12,13). The Kier molecular flexibility index (Phi) is 2.21. The van der Waals surface area contributed by atoms with Gasteiger partial charge in [-0.2, -0.15) is 0 Å². The van der Waals surface area contributed by atoms with Gasteiger partial charge in [0.05, 0.1) is 0 Å². The van der Waals surface area contributed by atoms with Crippen LogP contribution in [0.3, 0.4) is 0 Å². The summed E-state index contributed by atoms with van der Waals surface area (Å²) in [6.07, 6.45) is 2.44. The minimum Gasteiger partial charge on any atom is -0.363 e. The van der Waals surface area contributed by atoms with Gasteiger partial charge < -0.3 is 11.1 Å². The zero-order valence-electron chi connectivity index (χ0n) is 6.80. The van der Waals surface area contributed by atoms with E-state index in [0.29, 0.717) is 4.47 Å². The number of hydrogen-bond acceptors (Lipinski definition) is 3. The van der Waals surface area contributed by atoms with Gasteiger partial charge in [-0.15, -0.1) is 0 Å². The number of halogens is 2. The first-order valence-electron chi connectivity index (χ1n) is 4.00. The van der Waals surface area contributed by atoms with Crippen LogP contribution < -0.4 is 11.1 Å². The number of nitrogens with two attached hydrogens (primary N) is 1. The largest absolute Gasteiger partial charge is 0.363 e. The summed E-state index contributed by atoms with van der Waals surface area (Å²) in [7, 11) is 0. The molecule has 1 heterocycles. The van der Waals surface area contributed by atoms with Crippen molar-refractivity contribution in [3.05, 3.63) is 22.6 Å². The van der Waals surface area contributed by atoms with Gasteiger partial charge >= 0.3 is 0 Å². The molecular weight excluding hydrogens is 237 g/mol. The fourth-order valence-electron chi connectivity index (χ4n) is 1.08. The molecule has 1 aliphatic rings. The monoisotopic (exact) mass is 245 g/mol. The van der Waals surface area contributed by atoms with Crippen LogP contribution in [-0.4, -0.2) is 17.1 Å². The molecule has 2 rings (SSSR count). The maximum atomic E-state index is 13.2. The van der Waals surface area contributed by atoms with Gasteiger partial charge in [0.1, 0.15) is 0 Å². The second-order valence-electron chi connectivity index (χ2n) is 3.13.